The highest BCUT2D eigenvalue weighted by Crippen LogP contribution is 2.16. The third-order valence-corrected chi connectivity index (χ3v) is 3.11. The van der Waals surface area contributed by atoms with Crippen LogP contribution in [0.25, 0.3) is 0 Å². The molecule has 1 aliphatic heterocycles. The van der Waals surface area contributed by atoms with Gasteiger partial charge in [0.15, 0.2) is 0 Å². The maximum absolute atomic E-state index is 12.4. The van der Waals surface area contributed by atoms with Crippen LogP contribution in [0.3, 0.4) is 0 Å². The van der Waals surface area contributed by atoms with E-state index in [1.165, 1.54) is 0 Å². The quantitative estimate of drug-likeness (QED) is 0.757. The molecule has 18 heavy (non-hydrogen) atoms. The van der Waals surface area contributed by atoms with Crippen molar-refractivity contribution in [2.75, 3.05) is 13.2 Å². The molecule has 0 spiro atoms. The zero-order valence-electron chi connectivity index (χ0n) is 10.6. The number of rotatable bonds is 1. The van der Waals surface area contributed by atoms with E-state index in [4.69, 9.17) is 10.00 Å². The number of nitrogens with zero attached hydrogens (tertiary/aromatic N) is 2. The first-order chi connectivity index (χ1) is 8.61. The second-order valence-corrected chi connectivity index (χ2v) is 4.64. The Balaban J connectivity index is 2.22. The summed E-state index contributed by atoms with van der Waals surface area (Å²) in [4.78, 5) is 14.2. The SMILES string of the molecule is C[C@@H]1CN(C(=O)c2cccc(C#N)c2)[C@@H](C)CO1. The lowest BCUT2D eigenvalue weighted by molar-refractivity contribution is -0.0387. The van der Waals surface area contributed by atoms with E-state index < -0.39 is 0 Å². The van der Waals surface area contributed by atoms with Crippen LogP contribution in [0.15, 0.2) is 24.3 Å². The minimum atomic E-state index is -0.0326. The molecule has 0 aliphatic carbocycles. The molecule has 0 bridgehead atoms. The first kappa shape index (κ1) is 12.6. The minimum Gasteiger partial charge on any atom is -0.375 e. The molecule has 1 heterocycles. The highest BCUT2D eigenvalue weighted by Gasteiger charge is 2.28. The topological polar surface area (TPSA) is 53.3 Å². The highest BCUT2D eigenvalue weighted by atomic mass is 16.5. The van der Waals surface area contributed by atoms with Gasteiger partial charge in [-0.05, 0) is 32.0 Å². The zero-order valence-corrected chi connectivity index (χ0v) is 10.6. The maximum atomic E-state index is 12.4. The summed E-state index contributed by atoms with van der Waals surface area (Å²) in [5, 5.41) is 8.85. The number of carbonyl (C=O) groups is 1. The monoisotopic (exact) mass is 244 g/mol. The molecule has 1 aromatic rings. The molecule has 0 aromatic heterocycles. The van der Waals surface area contributed by atoms with Crippen molar-refractivity contribution in [1.82, 2.24) is 4.90 Å². The summed E-state index contributed by atoms with van der Waals surface area (Å²) in [5.41, 5.74) is 1.07. The van der Waals surface area contributed by atoms with Gasteiger partial charge in [0.05, 0.1) is 30.4 Å². The Labute approximate surface area is 107 Å². The van der Waals surface area contributed by atoms with Gasteiger partial charge < -0.3 is 9.64 Å². The Bertz CT molecular complexity index is 493. The van der Waals surface area contributed by atoms with Crippen LogP contribution in [0.2, 0.25) is 0 Å². The first-order valence-electron chi connectivity index (χ1n) is 6.04. The fourth-order valence-corrected chi connectivity index (χ4v) is 2.07. The second kappa shape index (κ2) is 5.19. The van der Waals surface area contributed by atoms with Gasteiger partial charge in [-0.1, -0.05) is 6.07 Å². The number of hydrogen-bond donors (Lipinski definition) is 0. The summed E-state index contributed by atoms with van der Waals surface area (Å²) in [5.74, 6) is -0.0326. The van der Waals surface area contributed by atoms with Gasteiger partial charge in [0.25, 0.3) is 5.91 Å². The Morgan fingerprint density at radius 2 is 2.28 bits per heavy atom. The summed E-state index contributed by atoms with van der Waals surface area (Å²) >= 11 is 0. The average molecular weight is 244 g/mol. The van der Waals surface area contributed by atoms with Crippen molar-refractivity contribution in [2.45, 2.75) is 26.0 Å². The minimum absolute atomic E-state index is 0.0326. The average Bonchev–Trinajstić information content (AvgIpc) is 2.41. The van der Waals surface area contributed by atoms with Gasteiger partial charge in [0.1, 0.15) is 0 Å². The normalized spacial score (nSPS) is 23.5. The molecule has 1 aromatic carbocycles. The van der Waals surface area contributed by atoms with Crippen molar-refractivity contribution in [3.8, 4) is 6.07 Å². The van der Waals surface area contributed by atoms with E-state index in [2.05, 4.69) is 0 Å². The lowest BCUT2D eigenvalue weighted by Gasteiger charge is -2.36. The number of morpholine rings is 1. The first-order valence-corrected chi connectivity index (χ1v) is 6.04. The summed E-state index contributed by atoms with van der Waals surface area (Å²) in [6.45, 7) is 5.08. The zero-order chi connectivity index (χ0) is 13.1. The van der Waals surface area contributed by atoms with Gasteiger partial charge >= 0.3 is 0 Å². The molecule has 0 radical (unpaired) electrons. The van der Waals surface area contributed by atoms with Crippen molar-refractivity contribution < 1.29 is 9.53 Å². The fourth-order valence-electron chi connectivity index (χ4n) is 2.07. The maximum Gasteiger partial charge on any atom is 0.254 e. The number of nitriles is 1. The van der Waals surface area contributed by atoms with E-state index in [-0.39, 0.29) is 18.1 Å². The van der Waals surface area contributed by atoms with E-state index >= 15 is 0 Å². The molecule has 2 atom stereocenters. The number of carbonyl (C=O) groups excluding carboxylic acids is 1. The predicted molar refractivity (Wildman–Crippen MR) is 67.1 cm³/mol. The van der Waals surface area contributed by atoms with E-state index in [1.54, 1.807) is 24.3 Å². The van der Waals surface area contributed by atoms with E-state index in [0.717, 1.165) is 0 Å². The van der Waals surface area contributed by atoms with Gasteiger partial charge in [-0.3, -0.25) is 4.79 Å². The van der Waals surface area contributed by atoms with Gasteiger partial charge in [-0.15, -0.1) is 0 Å². The van der Waals surface area contributed by atoms with Crippen LogP contribution in [-0.2, 0) is 4.74 Å². The Morgan fingerprint density at radius 3 is 3.00 bits per heavy atom. The summed E-state index contributed by atoms with van der Waals surface area (Å²) in [6.07, 6.45) is 0.0595. The molecule has 1 aliphatic rings. The van der Waals surface area contributed by atoms with E-state index in [0.29, 0.717) is 24.3 Å². The van der Waals surface area contributed by atoms with E-state index in [1.807, 2.05) is 24.8 Å². The van der Waals surface area contributed by atoms with Crippen molar-refractivity contribution in [1.29, 1.82) is 5.26 Å². The molecule has 4 heteroatoms. The molecular weight excluding hydrogens is 228 g/mol. The van der Waals surface area contributed by atoms with Crippen LogP contribution in [0.1, 0.15) is 29.8 Å². The molecule has 2 rings (SSSR count). The highest BCUT2D eigenvalue weighted by molar-refractivity contribution is 5.94. The van der Waals surface area contributed by atoms with Crippen LogP contribution in [0.5, 0.6) is 0 Å². The van der Waals surface area contributed by atoms with Crippen LogP contribution >= 0.6 is 0 Å². The standard InChI is InChI=1S/C14H16N2O2/c1-10-9-18-11(2)8-16(10)14(17)13-5-3-4-12(6-13)7-15/h3-6,10-11H,8-9H2,1-2H3/t10-,11+/m0/s1. The molecule has 0 N–H and O–H groups in total. The van der Waals surface area contributed by atoms with Gasteiger partial charge in [-0.2, -0.15) is 5.26 Å². The summed E-state index contributed by atoms with van der Waals surface area (Å²) < 4.78 is 5.51. The third kappa shape index (κ3) is 2.52. The Kier molecular flexibility index (Phi) is 3.63. The third-order valence-electron chi connectivity index (χ3n) is 3.11. The van der Waals surface area contributed by atoms with Crippen LogP contribution in [0, 0.1) is 11.3 Å². The molecule has 1 saturated heterocycles. The summed E-state index contributed by atoms with van der Waals surface area (Å²) in [7, 11) is 0. The van der Waals surface area contributed by atoms with Gasteiger partial charge in [0, 0.05) is 12.1 Å². The molecule has 0 saturated carbocycles. The number of benzene rings is 1. The second-order valence-electron chi connectivity index (χ2n) is 4.64. The van der Waals surface area contributed by atoms with Crippen molar-refractivity contribution in [2.24, 2.45) is 0 Å². The number of hydrogen-bond acceptors (Lipinski definition) is 3. The van der Waals surface area contributed by atoms with Crippen molar-refractivity contribution in [3.05, 3.63) is 35.4 Å². The largest absolute Gasteiger partial charge is 0.375 e. The molecule has 1 amide bonds. The van der Waals surface area contributed by atoms with Gasteiger partial charge in [-0.25, -0.2) is 0 Å². The lowest BCUT2D eigenvalue weighted by atomic mass is 10.1. The molecule has 4 nitrogen and oxygen atoms in total. The van der Waals surface area contributed by atoms with Crippen LogP contribution in [0.4, 0.5) is 0 Å². The predicted octanol–water partition coefficient (Wildman–Crippen LogP) is 1.81. The lowest BCUT2D eigenvalue weighted by Crippen LogP contribution is -2.50. The van der Waals surface area contributed by atoms with Crippen molar-refractivity contribution >= 4 is 5.91 Å². The Hall–Kier alpha value is -1.86. The fraction of sp³-hybridized carbons (Fsp3) is 0.429. The van der Waals surface area contributed by atoms with Crippen LogP contribution in [-0.4, -0.2) is 36.1 Å². The molecule has 0 unspecified atom stereocenters. The van der Waals surface area contributed by atoms with E-state index in [9.17, 15) is 4.79 Å². The molecular formula is C14H16N2O2. The summed E-state index contributed by atoms with van der Waals surface area (Å²) in [6, 6.07) is 8.93. The Morgan fingerprint density at radius 1 is 1.50 bits per heavy atom. The van der Waals surface area contributed by atoms with Crippen molar-refractivity contribution in [3.63, 3.8) is 0 Å². The molecule has 94 valence electrons. The van der Waals surface area contributed by atoms with Gasteiger partial charge in [0.2, 0.25) is 0 Å². The number of amides is 1. The van der Waals surface area contributed by atoms with Crippen LogP contribution < -0.4 is 0 Å². The smallest absolute Gasteiger partial charge is 0.254 e. The molecule has 1 fully saturated rings. The number of ether oxygens (including phenoxy) is 1.